The third-order valence-electron chi connectivity index (χ3n) is 8.71. The molecular weight excluding hydrogens is 517 g/mol. The third kappa shape index (κ3) is 4.27. The normalized spacial score (nSPS) is 32.0. The number of sulfonamides is 1. The highest BCUT2D eigenvalue weighted by Crippen LogP contribution is 2.61. The van der Waals surface area contributed by atoms with Gasteiger partial charge in [-0.15, -0.1) is 0 Å². The number of carbonyl (C=O) groups is 2. The van der Waals surface area contributed by atoms with Crippen LogP contribution in [0.2, 0.25) is 0 Å². The molecule has 1 aromatic rings. The van der Waals surface area contributed by atoms with Crippen molar-refractivity contribution in [2.45, 2.75) is 79.9 Å². The number of benzene rings is 1. The molecule has 2 atom stereocenters. The molecule has 10 nitrogen and oxygen atoms in total. The van der Waals surface area contributed by atoms with Gasteiger partial charge in [0.15, 0.2) is 0 Å². The van der Waals surface area contributed by atoms with Crippen LogP contribution < -0.4 is 15.8 Å². The largest absolute Gasteiger partial charge is 0.423 e. The van der Waals surface area contributed by atoms with Crippen molar-refractivity contribution in [1.82, 2.24) is 10.0 Å². The van der Waals surface area contributed by atoms with E-state index in [0.717, 1.165) is 12.5 Å². The van der Waals surface area contributed by atoms with Gasteiger partial charge in [0, 0.05) is 11.6 Å². The zero-order valence-electron chi connectivity index (χ0n) is 19.8. The van der Waals surface area contributed by atoms with Gasteiger partial charge >= 0.3 is 6.18 Å². The SMILES string of the molecule is NC(=O)C12CC3CC(CC(NC(=O)C4(NS(=O)(=O)c5ccc([N+](=O)[O-])c(C(F)(F)F)c5)CCC4)(C3)C1)C2. The van der Waals surface area contributed by atoms with E-state index in [0.29, 0.717) is 44.6 Å². The predicted molar refractivity (Wildman–Crippen MR) is 122 cm³/mol. The Morgan fingerprint density at radius 1 is 1.11 bits per heavy atom. The predicted octanol–water partition coefficient (Wildman–Crippen LogP) is 2.76. The minimum atomic E-state index is -5.16. The molecule has 4 bridgehead atoms. The molecule has 37 heavy (non-hydrogen) atoms. The molecule has 0 aromatic heterocycles. The number of halogens is 3. The van der Waals surface area contributed by atoms with Crippen LogP contribution in [-0.2, 0) is 25.8 Å². The Morgan fingerprint density at radius 3 is 2.22 bits per heavy atom. The molecule has 1 aromatic carbocycles. The van der Waals surface area contributed by atoms with E-state index in [2.05, 4.69) is 10.0 Å². The summed E-state index contributed by atoms with van der Waals surface area (Å²) >= 11 is 0. The number of nitrogens with zero attached hydrogens (tertiary/aromatic N) is 1. The van der Waals surface area contributed by atoms with Crippen molar-refractivity contribution in [2.24, 2.45) is 23.0 Å². The Labute approximate surface area is 210 Å². The van der Waals surface area contributed by atoms with Gasteiger partial charge in [-0.25, -0.2) is 8.42 Å². The fourth-order valence-electron chi connectivity index (χ4n) is 7.35. The van der Waals surface area contributed by atoms with Gasteiger partial charge in [-0.3, -0.25) is 19.7 Å². The van der Waals surface area contributed by atoms with Crippen molar-refractivity contribution in [3.63, 3.8) is 0 Å². The van der Waals surface area contributed by atoms with E-state index in [1.165, 1.54) is 0 Å². The van der Waals surface area contributed by atoms with Crippen molar-refractivity contribution in [1.29, 1.82) is 0 Å². The van der Waals surface area contributed by atoms with Gasteiger partial charge < -0.3 is 11.1 Å². The number of amides is 2. The van der Waals surface area contributed by atoms with Crippen LogP contribution in [0.3, 0.4) is 0 Å². The number of nitro groups is 1. The van der Waals surface area contributed by atoms with Gasteiger partial charge in [0.05, 0.1) is 15.2 Å². The second-order valence-corrected chi connectivity index (χ2v) is 13.0. The van der Waals surface area contributed by atoms with Crippen LogP contribution in [0.15, 0.2) is 23.1 Å². The summed E-state index contributed by atoms with van der Waals surface area (Å²) < 4.78 is 68.8. The number of nitrogens with two attached hydrogens (primary N) is 1. The van der Waals surface area contributed by atoms with Crippen LogP contribution in [0.25, 0.3) is 0 Å². The monoisotopic (exact) mass is 544 g/mol. The second kappa shape index (κ2) is 8.13. The lowest BCUT2D eigenvalue weighted by Crippen LogP contribution is -2.70. The molecule has 5 fully saturated rings. The maximum Gasteiger partial charge on any atom is 0.423 e. The number of primary amides is 1. The molecule has 0 radical (unpaired) electrons. The molecule has 202 valence electrons. The molecule has 0 heterocycles. The van der Waals surface area contributed by atoms with E-state index in [4.69, 9.17) is 5.73 Å². The van der Waals surface area contributed by atoms with E-state index in [1.54, 1.807) is 0 Å². The minimum Gasteiger partial charge on any atom is -0.369 e. The molecule has 6 rings (SSSR count). The molecule has 0 saturated heterocycles. The number of carbonyl (C=O) groups excluding carboxylic acids is 2. The van der Waals surface area contributed by atoms with Gasteiger partial charge in [-0.2, -0.15) is 17.9 Å². The van der Waals surface area contributed by atoms with Gasteiger partial charge in [0.1, 0.15) is 11.1 Å². The molecule has 5 aliphatic carbocycles. The summed E-state index contributed by atoms with van der Waals surface area (Å²) in [6, 6.07) is 1.42. The fraction of sp³-hybridized carbons (Fsp3) is 0.652. The lowest BCUT2D eigenvalue weighted by molar-refractivity contribution is -0.388. The van der Waals surface area contributed by atoms with Gasteiger partial charge in [-0.05, 0) is 81.8 Å². The Bertz CT molecular complexity index is 1280. The lowest BCUT2D eigenvalue weighted by Gasteiger charge is -2.61. The van der Waals surface area contributed by atoms with Crippen LogP contribution in [0.5, 0.6) is 0 Å². The van der Waals surface area contributed by atoms with Crippen molar-refractivity contribution >= 4 is 27.5 Å². The second-order valence-electron chi connectivity index (χ2n) is 11.3. The highest BCUT2D eigenvalue weighted by atomic mass is 32.2. The Hall–Kier alpha value is -2.74. The van der Waals surface area contributed by atoms with E-state index in [9.17, 15) is 41.3 Å². The zero-order valence-corrected chi connectivity index (χ0v) is 20.6. The molecule has 4 N–H and O–H groups in total. The number of alkyl halides is 3. The summed E-state index contributed by atoms with van der Waals surface area (Å²) in [4.78, 5) is 34.9. The highest BCUT2D eigenvalue weighted by Gasteiger charge is 2.61. The maximum absolute atomic E-state index is 13.6. The summed E-state index contributed by atoms with van der Waals surface area (Å²) in [5.41, 5.74) is -0.167. The molecule has 2 unspecified atom stereocenters. The van der Waals surface area contributed by atoms with Crippen LogP contribution >= 0.6 is 0 Å². The van der Waals surface area contributed by atoms with E-state index < -0.39 is 65.6 Å². The number of rotatable bonds is 7. The van der Waals surface area contributed by atoms with Crippen LogP contribution in [0.4, 0.5) is 18.9 Å². The van der Waals surface area contributed by atoms with Crippen molar-refractivity contribution in [3.8, 4) is 0 Å². The lowest BCUT2D eigenvalue weighted by atomic mass is 9.46. The Kier molecular flexibility index (Phi) is 5.69. The average molecular weight is 545 g/mol. The molecule has 5 aliphatic rings. The summed E-state index contributed by atoms with van der Waals surface area (Å²) in [6.45, 7) is 0. The first-order valence-corrected chi connectivity index (χ1v) is 13.6. The number of nitro benzene ring substituents is 1. The first kappa shape index (κ1) is 25.9. The first-order valence-electron chi connectivity index (χ1n) is 12.1. The third-order valence-corrected chi connectivity index (χ3v) is 10.2. The number of hydrogen-bond acceptors (Lipinski definition) is 6. The zero-order chi connectivity index (χ0) is 27.0. The number of hydrogen-bond donors (Lipinski definition) is 3. The standard InChI is InChI=1S/C23H27F3N4O6S/c24-23(25,26)16-7-15(2-3-17(16)30(33)34)37(35,36)29-22(4-1-5-22)19(32)28-21-10-13-6-14(11-21)9-20(8-13,12-21)18(27)31/h2-3,7,13-14,29H,1,4-6,8-12H2,(H2,27,31)(H,28,32). The van der Waals surface area contributed by atoms with Crippen molar-refractivity contribution in [3.05, 3.63) is 33.9 Å². The topological polar surface area (TPSA) is 162 Å². The van der Waals surface area contributed by atoms with Crippen LogP contribution in [0, 0.1) is 27.4 Å². The molecule has 5 saturated carbocycles. The average Bonchev–Trinajstić information content (AvgIpc) is 2.73. The van der Waals surface area contributed by atoms with Gasteiger partial charge in [0.2, 0.25) is 21.8 Å². The summed E-state index contributed by atoms with van der Waals surface area (Å²) in [5.74, 6) is -0.521. The number of nitrogens with one attached hydrogen (secondary N) is 2. The molecule has 14 heteroatoms. The summed E-state index contributed by atoms with van der Waals surface area (Å²) in [5, 5.41) is 14.1. The highest BCUT2D eigenvalue weighted by molar-refractivity contribution is 7.89. The van der Waals surface area contributed by atoms with Crippen molar-refractivity contribution in [2.75, 3.05) is 0 Å². The van der Waals surface area contributed by atoms with E-state index >= 15 is 0 Å². The van der Waals surface area contributed by atoms with Crippen LogP contribution in [0.1, 0.15) is 63.4 Å². The first-order chi connectivity index (χ1) is 17.1. The molecule has 0 aliphatic heterocycles. The smallest absolute Gasteiger partial charge is 0.369 e. The molecule has 0 spiro atoms. The molecule has 2 amide bonds. The van der Waals surface area contributed by atoms with Crippen LogP contribution in [-0.4, -0.2) is 36.2 Å². The summed E-state index contributed by atoms with van der Waals surface area (Å²) in [7, 11) is -4.65. The van der Waals surface area contributed by atoms with Gasteiger partial charge in [-0.1, -0.05) is 0 Å². The Balaban J connectivity index is 1.41. The van der Waals surface area contributed by atoms with Gasteiger partial charge in [0.25, 0.3) is 5.69 Å². The minimum absolute atomic E-state index is 0.140. The van der Waals surface area contributed by atoms with E-state index in [-0.39, 0.29) is 30.7 Å². The maximum atomic E-state index is 13.6. The van der Waals surface area contributed by atoms with E-state index in [1.807, 2.05) is 0 Å². The fourth-order valence-corrected chi connectivity index (χ4v) is 8.80. The van der Waals surface area contributed by atoms with Crippen molar-refractivity contribution < 1.29 is 36.1 Å². The summed E-state index contributed by atoms with van der Waals surface area (Å²) in [6.07, 6.45) is -0.356. The Morgan fingerprint density at radius 2 is 1.73 bits per heavy atom. The quantitative estimate of drug-likeness (QED) is 0.353. The molecular formula is C23H27F3N4O6S.